The summed E-state index contributed by atoms with van der Waals surface area (Å²) in [5.41, 5.74) is 1.97. The first-order chi connectivity index (χ1) is 10.8. The van der Waals surface area contributed by atoms with E-state index in [0.717, 1.165) is 5.69 Å². The van der Waals surface area contributed by atoms with E-state index in [4.69, 9.17) is 9.15 Å². The third-order valence-corrected chi connectivity index (χ3v) is 2.99. The number of benzene rings is 1. The first kappa shape index (κ1) is 13.9. The lowest BCUT2D eigenvalue weighted by atomic mass is 10.2. The number of amides is 1. The minimum absolute atomic E-state index is 0.226. The summed E-state index contributed by atoms with van der Waals surface area (Å²) in [6, 6.07) is 14.5. The largest absolute Gasteiger partial charge is 0.487 e. The van der Waals surface area contributed by atoms with Gasteiger partial charge < -0.3 is 14.5 Å². The van der Waals surface area contributed by atoms with Crippen molar-refractivity contribution in [3.05, 3.63) is 78.5 Å². The molecule has 0 radical (unpaired) electrons. The van der Waals surface area contributed by atoms with Crippen molar-refractivity contribution in [2.45, 2.75) is 6.61 Å². The predicted octanol–water partition coefficient (Wildman–Crippen LogP) is 3.51. The van der Waals surface area contributed by atoms with E-state index in [1.54, 1.807) is 24.4 Å². The smallest absolute Gasteiger partial charge is 0.258 e. The highest BCUT2D eigenvalue weighted by Crippen LogP contribution is 2.19. The lowest BCUT2D eigenvalue weighted by Crippen LogP contribution is -2.10. The molecule has 1 amide bonds. The van der Waals surface area contributed by atoms with E-state index < -0.39 is 0 Å². The van der Waals surface area contributed by atoms with E-state index in [-0.39, 0.29) is 5.91 Å². The summed E-state index contributed by atoms with van der Waals surface area (Å²) in [7, 11) is 0. The zero-order valence-electron chi connectivity index (χ0n) is 11.7. The quantitative estimate of drug-likeness (QED) is 0.782. The highest BCUT2D eigenvalue weighted by molar-refractivity contribution is 6.04. The minimum atomic E-state index is -0.226. The van der Waals surface area contributed by atoms with Crippen LogP contribution in [0.2, 0.25) is 0 Å². The normalized spacial score (nSPS) is 10.2. The number of rotatable bonds is 5. The van der Waals surface area contributed by atoms with E-state index >= 15 is 0 Å². The molecule has 2 heterocycles. The minimum Gasteiger partial charge on any atom is -0.487 e. The van der Waals surface area contributed by atoms with Crippen LogP contribution in [0, 0.1) is 0 Å². The Morgan fingerprint density at radius 2 is 2.14 bits per heavy atom. The van der Waals surface area contributed by atoms with Gasteiger partial charge >= 0.3 is 0 Å². The van der Waals surface area contributed by atoms with Crippen LogP contribution in [0.4, 0.5) is 5.69 Å². The lowest BCUT2D eigenvalue weighted by Gasteiger charge is -2.08. The fraction of sp³-hybridized carbons (Fsp3) is 0.0588. The van der Waals surface area contributed by atoms with Gasteiger partial charge in [-0.1, -0.05) is 12.1 Å². The van der Waals surface area contributed by atoms with Crippen LogP contribution >= 0.6 is 0 Å². The lowest BCUT2D eigenvalue weighted by molar-refractivity contribution is 0.102. The number of hydrogen-bond acceptors (Lipinski definition) is 4. The number of aromatic nitrogens is 1. The molecule has 5 heteroatoms. The molecule has 110 valence electrons. The topological polar surface area (TPSA) is 64.4 Å². The van der Waals surface area contributed by atoms with Crippen LogP contribution in [0.1, 0.15) is 16.1 Å². The molecule has 5 nitrogen and oxygen atoms in total. The number of carbonyl (C=O) groups excluding carboxylic acids is 1. The molecule has 0 saturated heterocycles. The van der Waals surface area contributed by atoms with Gasteiger partial charge in [0.15, 0.2) is 0 Å². The molecule has 0 unspecified atom stereocenters. The number of anilines is 1. The summed E-state index contributed by atoms with van der Waals surface area (Å²) in [6.07, 6.45) is 4.58. The van der Waals surface area contributed by atoms with Crippen LogP contribution in [0.15, 0.2) is 71.7 Å². The second-order valence-electron chi connectivity index (χ2n) is 4.60. The summed E-state index contributed by atoms with van der Waals surface area (Å²) in [5, 5.41) is 2.79. The monoisotopic (exact) mass is 294 g/mol. The van der Waals surface area contributed by atoms with Gasteiger partial charge in [0, 0.05) is 18.0 Å². The SMILES string of the molecule is O=C(Nc1cccc(OCc2ccccn2)c1)c1ccoc1. The van der Waals surface area contributed by atoms with Crippen LogP contribution in [-0.2, 0) is 6.61 Å². The van der Waals surface area contributed by atoms with E-state index in [1.165, 1.54) is 12.5 Å². The molecule has 0 bridgehead atoms. The molecule has 3 rings (SSSR count). The summed E-state index contributed by atoms with van der Waals surface area (Å²) < 4.78 is 10.6. The zero-order valence-corrected chi connectivity index (χ0v) is 11.7. The number of nitrogens with one attached hydrogen (secondary N) is 1. The van der Waals surface area contributed by atoms with Crippen molar-refractivity contribution in [1.82, 2.24) is 4.98 Å². The van der Waals surface area contributed by atoms with E-state index in [1.807, 2.05) is 30.3 Å². The van der Waals surface area contributed by atoms with Gasteiger partial charge in [0.2, 0.25) is 0 Å². The molecule has 0 aliphatic carbocycles. The van der Waals surface area contributed by atoms with Crippen molar-refractivity contribution in [3.63, 3.8) is 0 Å². The highest BCUT2D eigenvalue weighted by atomic mass is 16.5. The second-order valence-corrected chi connectivity index (χ2v) is 4.60. The molecule has 0 atom stereocenters. The van der Waals surface area contributed by atoms with Crippen molar-refractivity contribution in [3.8, 4) is 5.75 Å². The van der Waals surface area contributed by atoms with E-state index in [9.17, 15) is 4.79 Å². The van der Waals surface area contributed by atoms with Crippen molar-refractivity contribution in [1.29, 1.82) is 0 Å². The molecule has 1 N–H and O–H groups in total. The predicted molar refractivity (Wildman–Crippen MR) is 81.7 cm³/mol. The summed E-state index contributed by atoms with van der Waals surface area (Å²) in [6.45, 7) is 0.375. The molecule has 2 aromatic heterocycles. The van der Waals surface area contributed by atoms with Gasteiger partial charge in [0.05, 0.1) is 17.5 Å². The van der Waals surface area contributed by atoms with Crippen LogP contribution in [0.5, 0.6) is 5.75 Å². The summed E-state index contributed by atoms with van der Waals surface area (Å²) >= 11 is 0. The van der Waals surface area contributed by atoms with Gasteiger partial charge in [-0.05, 0) is 30.3 Å². The van der Waals surface area contributed by atoms with Crippen molar-refractivity contribution in [2.24, 2.45) is 0 Å². The number of nitrogens with zero attached hydrogens (tertiary/aromatic N) is 1. The standard InChI is InChI=1S/C17H14N2O3/c20-17(13-7-9-21-11-13)19-14-5-3-6-16(10-14)22-12-15-4-1-2-8-18-15/h1-11H,12H2,(H,19,20). The van der Waals surface area contributed by atoms with Crippen molar-refractivity contribution in [2.75, 3.05) is 5.32 Å². The molecule has 0 spiro atoms. The average Bonchev–Trinajstić information content (AvgIpc) is 3.09. The Balaban J connectivity index is 1.64. The third-order valence-electron chi connectivity index (χ3n) is 2.99. The van der Waals surface area contributed by atoms with E-state index in [0.29, 0.717) is 23.6 Å². The highest BCUT2D eigenvalue weighted by Gasteiger charge is 2.07. The van der Waals surface area contributed by atoms with E-state index in [2.05, 4.69) is 10.3 Å². The van der Waals surface area contributed by atoms with Gasteiger partial charge in [-0.3, -0.25) is 9.78 Å². The fourth-order valence-electron chi connectivity index (χ4n) is 1.90. The zero-order chi connectivity index (χ0) is 15.2. The van der Waals surface area contributed by atoms with Crippen molar-refractivity contribution >= 4 is 11.6 Å². The molecule has 0 aliphatic heterocycles. The Bertz CT molecular complexity index is 740. The van der Waals surface area contributed by atoms with Crippen LogP contribution in [0.3, 0.4) is 0 Å². The molecule has 3 aromatic rings. The Morgan fingerprint density at radius 3 is 2.91 bits per heavy atom. The molecular weight excluding hydrogens is 280 g/mol. The average molecular weight is 294 g/mol. The molecule has 0 aliphatic rings. The Labute approximate surface area is 127 Å². The molecule has 0 saturated carbocycles. The number of pyridine rings is 1. The van der Waals surface area contributed by atoms with Crippen LogP contribution < -0.4 is 10.1 Å². The van der Waals surface area contributed by atoms with Gasteiger partial charge in [-0.25, -0.2) is 0 Å². The molecular formula is C17H14N2O3. The van der Waals surface area contributed by atoms with Gasteiger partial charge in [-0.15, -0.1) is 0 Å². The first-order valence-corrected chi connectivity index (χ1v) is 6.77. The Morgan fingerprint density at radius 1 is 1.18 bits per heavy atom. The Hall–Kier alpha value is -3.08. The van der Waals surface area contributed by atoms with Crippen LogP contribution in [-0.4, -0.2) is 10.9 Å². The number of carbonyl (C=O) groups is 1. The maximum absolute atomic E-state index is 11.9. The maximum Gasteiger partial charge on any atom is 0.258 e. The molecule has 0 fully saturated rings. The first-order valence-electron chi connectivity index (χ1n) is 6.77. The third kappa shape index (κ3) is 3.52. The molecule has 1 aromatic carbocycles. The molecule has 22 heavy (non-hydrogen) atoms. The second kappa shape index (κ2) is 6.58. The number of furan rings is 1. The number of hydrogen-bond donors (Lipinski definition) is 1. The van der Waals surface area contributed by atoms with Crippen LogP contribution in [0.25, 0.3) is 0 Å². The van der Waals surface area contributed by atoms with Gasteiger partial charge in [0.1, 0.15) is 18.6 Å². The number of ether oxygens (including phenoxy) is 1. The van der Waals surface area contributed by atoms with Crippen molar-refractivity contribution < 1.29 is 13.9 Å². The maximum atomic E-state index is 11.9. The fourth-order valence-corrected chi connectivity index (χ4v) is 1.90. The summed E-state index contributed by atoms with van der Waals surface area (Å²) in [5.74, 6) is 0.436. The van der Waals surface area contributed by atoms with Gasteiger partial charge in [0.25, 0.3) is 5.91 Å². The van der Waals surface area contributed by atoms with Gasteiger partial charge in [-0.2, -0.15) is 0 Å². The summed E-state index contributed by atoms with van der Waals surface area (Å²) in [4.78, 5) is 16.1. The Kier molecular flexibility index (Phi) is 4.15.